The van der Waals surface area contributed by atoms with Crippen molar-refractivity contribution in [2.45, 2.75) is 17.0 Å². The maximum atomic E-state index is 14.0. The van der Waals surface area contributed by atoms with Gasteiger partial charge in [-0.2, -0.15) is 0 Å². The molecule has 2 rings (SSSR count). The second-order valence-electron chi connectivity index (χ2n) is 4.28. The Morgan fingerprint density at radius 3 is 2.75 bits per heavy atom. The van der Waals surface area contributed by atoms with Crippen LogP contribution in [0.3, 0.4) is 0 Å². The Morgan fingerprint density at radius 1 is 1.60 bits per heavy atom. The number of carbonyl (C=O) groups excluding carboxylic acids is 1. The number of nitrogens with one attached hydrogen (secondary N) is 1. The number of ether oxygens (including phenoxy) is 1. The van der Waals surface area contributed by atoms with Crippen molar-refractivity contribution < 1.29 is 45.9 Å². The summed E-state index contributed by atoms with van der Waals surface area (Å²) in [5.74, 6) is -2.08. The summed E-state index contributed by atoms with van der Waals surface area (Å²) >= 11 is -2.85. The van der Waals surface area contributed by atoms with Crippen LogP contribution in [0.5, 0.6) is 5.75 Å². The predicted octanol–water partition coefficient (Wildman–Crippen LogP) is 0.342. The summed E-state index contributed by atoms with van der Waals surface area (Å²) in [5, 5.41) is 11.7. The van der Waals surface area contributed by atoms with Crippen LogP contribution < -0.4 is 17.0 Å². The van der Waals surface area contributed by atoms with Gasteiger partial charge in [0.15, 0.2) is 0 Å². The van der Waals surface area contributed by atoms with E-state index in [-0.39, 0.29) is 23.8 Å². The third-order valence-electron chi connectivity index (χ3n) is 2.92. The van der Waals surface area contributed by atoms with Crippen LogP contribution in [0.2, 0.25) is 3.63 Å². The van der Waals surface area contributed by atoms with Crippen molar-refractivity contribution in [2.75, 3.05) is 12.4 Å². The van der Waals surface area contributed by atoms with Crippen LogP contribution in [0.15, 0.2) is 6.07 Å². The topological polar surface area (TPSA) is 102 Å². The number of hydrogen-bond acceptors (Lipinski definition) is 4. The second-order valence-corrected chi connectivity index (χ2v) is 10.5. The van der Waals surface area contributed by atoms with Crippen LogP contribution in [0.4, 0.5) is 10.1 Å². The first-order chi connectivity index (χ1) is 9.36. The Kier molecular flexibility index (Phi) is 4.25. The van der Waals surface area contributed by atoms with Crippen LogP contribution in [-0.2, 0) is 16.0 Å². The van der Waals surface area contributed by atoms with Gasteiger partial charge in [-0.3, -0.25) is 0 Å². The number of benzene rings is 1. The number of aliphatic carboxylic acids is 1. The number of nitrogens with two attached hydrogens (primary N) is 1. The first kappa shape index (κ1) is 15.1. The fraction of sp³-hybridized carbons (Fsp3) is 0.333. The summed E-state index contributed by atoms with van der Waals surface area (Å²) in [6, 6.07) is 1.26. The van der Waals surface area contributed by atoms with Crippen molar-refractivity contribution in [1.82, 2.24) is 0 Å². The number of carboxylic acid groups (broad SMARTS) is 1. The number of methoxy groups -OCH3 is 1. The normalized spacial score (nSPS) is 18.6. The average molecular weight is 479 g/mol. The van der Waals surface area contributed by atoms with Crippen LogP contribution in [0.25, 0.3) is 0 Å². The summed E-state index contributed by atoms with van der Waals surface area (Å²) in [6.45, 7) is 1.29. The van der Waals surface area contributed by atoms with Gasteiger partial charge >= 0.3 is 123 Å². The molecule has 0 bridgehead atoms. The second kappa shape index (κ2) is 5.62. The Morgan fingerprint density at radius 2 is 2.25 bits per heavy atom. The summed E-state index contributed by atoms with van der Waals surface area (Å²) < 4.78 is 25.0. The Balaban J connectivity index is 2.61. The molecule has 4 N–H and O–H groups in total. The first-order valence-corrected chi connectivity index (χ1v) is 10.5. The SMILES string of the molecule is COc1c(F)cc2c(c1NC(C)=O)[At](N)C(C(=O)O)C2. The molecule has 0 radical (unpaired) electrons. The van der Waals surface area contributed by atoms with Gasteiger partial charge in [0.05, 0.1) is 0 Å². The Hall–Kier alpha value is -1.27. The summed E-state index contributed by atoms with van der Waals surface area (Å²) in [5.41, 5.74) is 0.760. The van der Waals surface area contributed by atoms with Gasteiger partial charge in [-0.15, -0.1) is 0 Å². The maximum absolute atomic E-state index is 14.0. The Bertz CT molecular complexity index is 593. The average Bonchev–Trinajstić information content (AvgIpc) is 2.66. The third-order valence-corrected chi connectivity index (χ3v) is 9.83. The molecule has 1 aromatic rings. The van der Waals surface area contributed by atoms with Gasteiger partial charge in [0.2, 0.25) is 0 Å². The zero-order chi connectivity index (χ0) is 15.0. The van der Waals surface area contributed by atoms with E-state index in [1.165, 1.54) is 20.1 Å². The molecule has 110 valence electrons. The zero-order valence-corrected chi connectivity index (χ0v) is 13.8. The molecule has 0 fully saturated rings. The van der Waals surface area contributed by atoms with Crippen LogP contribution in [0, 0.1) is 27.9 Å². The van der Waals surface area contributed by atoms with E-state index in [9.17, 15) is 19.1 Å². The number of rotatable bonds is 3. The van der Waals surface area contributed by atoms with E-state index in [0.717, 1.165) is 0 Å². The van der Waals surface area contributed by atoms with Crippen LogP contribution >= 0.6 is 0 Å². The molecule has 1 aromatic carbocycles. The van der Waals surface area contributed by atoms with Crippen molar-refractivity contribution in [3.8, 4) is 5.75 Å². The van der Waals surface area contributed by atoms with Gasteiger partial charge in [0.25, 0.3) is 0 Å². The minimum absolute atomic E-state index is 0.0922. The molecule has 1 amide bonds. The number of fused-ring (bicyclic) bond motifs is 1. The molecule has 1 unspecified atom stereocenters. The molecule has 0 spiro atoms. The van der Waals surface area contributed by atoms with E-state index >= 15 is 0 Å². The number of anilines is 1. The van der Waals surface area contributed by atoms with Crippen molar-refractivity contribution in [3.05, 3.63) is 17.4 Å². The predicted molar refractivity (Wildman–Crippen MR) is 66.2 cm³/mol. The van der Waals surface area contributed by atoms with Gasteiger partial charge in [-0.25, -0.2) is 0 Å². The van der Waals surface area contributed by atoms with Crippen molar-refractivity contribution in [2.24, 2.45) is 3.68 Å². The number of amides is 1. The summed E-state index contributed by atoms with van der Waals surface area (Å²) in [4.78, 5) is 22.5. The fourth-order valence-electron chi connectivity index (χ4n) is 2.14. The number of carbonyl (C=O) groups is 2. The van der Waals surface area contributed by atoms with Gasteiger partial charge in [0, 0.05) is 0 Å². The quantitative estimate of drug-likeness (QED) is 0.581. The van der Waals surface area contributed by atoms with Crippen molar-refractivity contribution in [3.63, 3.8) is 0 Å². The van der Waals surface area contributed by atoms with E-state index < -0.39 is 37.5 Å². The molecule has 0 aromatic heterocycles. The minimum atomic E-state index is -2.85. The molecule has 0 saturated heterocycles. The molecule has 8 heteroatoms. The van der Waals surface area contributed by atoms with Gasteiger partial charge in [0.1, 0.15) is 0 Å². The van der Waals surface area contributed by atoms with Crippen LogP contribution in [0.1, 0.15) is 12.5 Å². The molecule has 6 nitrogen and oxygen atoms in total. The Labute approximate surface area is 123 Å². The molecule has 1 aliphatic rings. The summed E-state index contributed by atoms with van der Waals surface area (Å²) in [6.07, 6.45) is 0.207. The number of halogens is 1. The first-order valence-electron chi connectivity index (χ1n) is 5.69. The van der Waals surface area contributed by atoms with Crippen molar-refractivity contribution in [1.29, 1.82) is 0 Å². The molecule has 20 heavy (non-hydrogen) atoms. The summed E-state index contributed by atoms with van der Waals surface area (Å²) in [7, 11) is 1.29. The number of hydrogen-bond donors (Lipinski definition) is 3. The zero-order valence-electron chi connectivity index (χ0n) is 10.9. The molecule has 1 atom stereocenters. The monoisotopic (exact) mass is 479 g/mol. The van der Waals surface area contributed by atoms with E-state index in [4.69, 9.17) is 8.41 Å². The molecule has 0 saturated carbocycles. The number of carboxylic acids is 1. The molecule has 0 aliphatic carbocycles. The molecular weight excluding hydrogens is 465 g/mol. The van der Waals surface area contributed by atoms with Gasteiger partial charge in [-0.05, 0) is 0 Å². The van der Waals surface area contributed by atoms with E-state index in [1.807, 2.05) is 0 Å². The molecule has 1 aliphatic heterocycles. The van der Waals surface area contributed by atoms with E-state index in [0.29, 0.717) is 8.83 Å². The van der Waals surface area contributed by atoms with Gasteiger partial charge < -0.3 is 0 Å². The van der Waals surface area contributed by atoms with Crippen LogP contribution in [-0.4, -0.2) is 24.1 Å². The molecular formula is C12H14AtFN2O4. The van der Waals surface area contributed by atoms with E-state index in [2.05, 4.69) is 5.32 Å². The third kappa shape index (κ3) is 2.50. The van der Waals surface area contributed by atoms with Crippen molar-refractivity contribution >= 4 is 20.8 Å². The van der Waals surface area contributed by atoms with E-state index in [1.54, 1.807) is 0 Å². The van der Waals surface area contributed by atoms with Gasteiger partial charge in [-0.1, -0.05) is 0 Å². The molecule has 1 heterocycles. The fourth-order valence-corrected chi connectivity index (χ4v) is 8.21. The standard InChI is InChI=1S/C12H14AtFN2O4/c1-5(17)16-10-9-6(4-8(14)11(10)20-2)3-7(12(18)19)13(9)15/h4,7H,3,15H2,1-2H3,(H,16,17)(H,18,19).